The van der Waals surface area contributed by atoms with Crippen molar-refractivity contribution in [2.75, 3.05) is 27.7 Å². The minimum Gasteiger partial charge on any atom is -0.393 e. The lowest BCUT2D eigenvalue weighted by molar-refractivity contribution is -0.0878. The first kappa shape index (κ1) is 16.4. The van der Waals surface area contributed by atoms with Gasteiger partial charge in [0.2, 0.25) is 0 Å². The molecule has 2 fully saturated rings. The number of ether oxygens (including phenoxy) is 1. The molecule has 1 saturated heterocycles. The Morgan fingerprint density at radius 3 is 3.00 bits per heavy atom. The van der Waals surface area contributed by atoms with E-state index in [0.29, 0.717) is 6.04 Å². The Bertz CT molecular complexity index is 505. The number of methoxy groups -OCH3 is 1. The van der Waals surface area contributed by atoms with Crippen LogP contribution in [0.1, 0.15) is 36.1 Å². The van der Waals surface area contributed by atoms with E-state index in [-0.39, 0.29) is 11.7 Å². The molecule has 2 aliphatic rings. The van der Waals surface area contributed by atoms with Crippen molar-refractivity contribution in [2.24, 2.45) is 0 Å². The van der Waals surface area contributed by atoms with Crippen LogP contribution in [0.4, 0.5) is 0 Å². The van der Waals surface area contributed by atoms with Crippen molar-refractivity contribution in [1.82, 2.24) is 9.80 Å². The number of hydrogen-bond acceptors (Lipinski definition) is 5. The normalized spacial score (nSPS) is 32.6. The van der Waals surface area contributed by atoms with E-state index < -0.39 is 0 Å². The predicted octanol–water partition coefficient (Wildman–Crippen LogP) is 2.31. The number of likely N-dealkylation sites (tertiary alicyclic amines) is 1. The Morgan fingerprint density at radius 1 is 1.45 bits per heavy atom. The maximum Gasteiger partial charge on any atom is 0.0847 e. The average molecular weight is 324 g/mol. The molecule has 1 aliphatic heterocycles. The minimum absolute atomic E-state index is 0.0248. The van der Waals surface area contributed by atoms with E-state index in [1.165, 1.54) is 10.4 Å². The van der Waals surface area contributed by atoms with E-state index in [4.69, 9.17) is 4.74 Å². The lowest BCUT2D eigenvalue weighted by Gasteiger charge is -2.42. The van der Waals surface area contributed by atoms with Crippen LogP contribution >= 0.6 is 11.3 Å². The Balaban J connectivity index is 1.68. The molecule has 1 aromatic heterocycles. The van der Waals surface area contributed by atoms with Gasteiger partial charge >= 0.3 is 0 Å². The van der Waals surface area contributed by atoms with Crippen LogP contribution < -0.4 is 0 Å². The summed E-state index contributed by atoms with van der Waals surface area (Å²) in [6.07, 6.45) is 3.65. The van der Waals surface area contributed by atoms with Crippen molar-refractivity contribution < 1.29 is 9.84 Å². The number of rotatable bonds is 5. The lowest BCUT2D eigenvalue weighted by Crippen LogP contribution is -2.51. The van der Waals surface area contributed by atoms with E-state index in [1.54, 1.807) is 0 Å². The standard InChI is InChI=1S/C17H28N2O2S/c1-18(2)10-13-8-15(22-12-13)11-19-7-6-17(21-3)5-4-14(20)9-16(17)19/h8,12,14,16,20H,4-7,9-11H2,1-3H3/t14-,16+,17-/m1/s1. The topological polar surface area (TPSA) is 35.9 Å². The third-order valence-electron chi connectivity index (χ3n) is 5.24. The van der Waals surface area contributed by atoms with Crippen molar-refractivity contribution in [3.05, 3.63) is 21.9 Å². The fourth-order valence-corrected chi connectivity index (χ4v) is 5.02. The quantitative estimate of drug-likeness (QED) is 0.902. The van der Waals surface area contributed by atoms with Gasteiger partial charge < -0.3 is 14.7 Å². The minimum atomic E-state index is -0.165. The maximum absolute atomic E-state index is 10.1. The third kappa shape index (κ3) is 3.24. The van der Waals surface area contributed by atoms with Gasteiger partial charge in [0.1, 0.15) is 0 Å². The number of fused-ring (bicyclic) bond motifs is 1. The highest BCUT2D eigenvalue weighted by Gasteiger charge is 2.50. The van der Waals surface area contributed by atoms with Crippen LogP contribution in [-0.4, -0.2) is 60.4 Å². The van der Waals surface area contributed by atoms with Crippen LogP contribution in [-0.2, 0) is 17.8 Å². The molecule has 124 valence electrons. The molecule has 0 spiro atoms. The number of nitrogens with zero attached hydrogens (tertiary/aromatic N) is 2. The van der Waals surface area contributed by atoms with Crippen LogP contribution in [0, 0.1) is 0 Å². The van der Waals surface area contributed by atoms with Crippen LogP contribution in [0.15, 0.2) is 11.4 Å². The first-order chi connectivity index (χ1) is 10.5. The molecule has 0 aromatic carbocycles. The fraction of sp³-hybridized carbons (Fsp3) is 0.765. The van der Waals surface area contributed by atoms with Gasteiger partial charge in [0.05, 0.1) is 11.7 Å². The van der Waals surface area contributed by atoms with Crippen molar-refractivity contribution in [2.45, 2.75) is 56.5 Å². The van der Waals surface area contributed by atoms with Gasteiger partial charge in [-0.15, -0.1) is 11.3 Å². The van der Waals surface area contributed by atoms with Gasteiger partial charge in [0, 0.05) is 37.7 Å². The zero-order valence-electron chi connectivity index (χ0n) is 13.9. The highest BCUT2D eigenvalue weighted by atomic mass is 32.1. The zero-order chi connectivity index (χ0) is 15.7. The van der Waals surface area contributed by atoms with E-state index in [2.05, 4.69) is 35.3 Å². The van der Waals surface area contributed by atoms with Crippen molar-refractivity contribution in [1.29, 1.82) is 0 Å². The average Bonchev–Trinajstić information content (AvgIpc) is 3.05. The van der Waals surface area contributed by atoms with Gasteiger partial charge in [-0.2, -0.15) is 0 Å². The van der Waals surface area contributed by atoms with Gasteiger partial charge in [0.25, 0.3) is 0 Å². The largest absolute Gasteiger partial charge is 0.393 e. The number of aliphatic hydroxyl groups is 1. The summed E-state index contributed by atoms with van der Waals surface area (Å²) < 4.78 is 5.92. The highest BCUT2D eigenvalue weighted by molar-refractivity contribution is 7.10. The molecular weight excluding hydrogens is 296 g/mol. The summed E-state index contributed by atoms with van der Waals surface area (Å²) in [5.41, 5.74) is 1.37. The summed E-state index contributed by atoms with van der Waals surface area (Å²) in [5, 5.41) is 12.3. The second kappa shape index (κ2) is 6.57. The second-order valence-corrected chi connectivity index (χ2v) is 8.09. The molecule has 1 saturated carbocycles. The van der Waals surface area contributed by atoms with Gasteiger partial charge in [-0.05, 0) is 56.8 Å². The molecule has 0 amide bonds. The number of aliphatic hydroxyl groups excluding tert-OH is 1. The van der Waals surface area contributed by atoms with Gasteiger partial charge in [-0.25, -0.2) is 0 Å². The Kier molecular flexibility index (Phi) is 4.90. The van der Waals surface area contributed by atoms with Crippen molar-refractivity contribution in [3.63, 3.8) is 0 Å². The first-order valence-electron chi connectivity index (χ1n) is 8.21. The van der Waals surface area contributed by atoms with Gasteiger partial charge in [-0.3, -0.25) is 4.90 Å². The predicted molar refractivity (Wildman–Crippen MR) is 90.1 cm³/mol. The number of thiophene rings is 1. The van der Waals surface area contributed by atoms with Crippen LogP contribution in [0.25, 0.3) is 0 Å². The highest BCUT2D eigenvalue weighted by Crippen LogP contribution is 2.43. The van der Waals surface area contributed by atoms with E-state index >= 15 is 0 Å². The molecular formula is C17H28N2O2S. The summed E-state index contributed by atoms with van der Waals surface area (Å²) in [7, 11) is 6.05. The molecule has 1 N–H and O–H groups in total. The molecule has 22 heavy (non-hydrogen) atoms. The van der Waals surface area contributed by atoms with Crippen molar-refractivity contribution >= 4 is 11.3 Å². The van der Waals surface area contributed by atoms with Crippen molar-refractivity contribution in [3.8, 4) is 0 Å². The summed E-state index contributed by atoms with van der Waals surface area (Å²) in [4.78, 5) is 6.15. The van der Waals surface area contributed by atoms with E-state index in [1.807, 2.05) is 18.4 Å². The summed E-state index contributed by atoms with van der Waals surface area (Å²) in [5.74, 6) is 0. The van der Waals surface area contributed by atoms with E-state index in [9.17, 15) is 5.11 Å². The van der Waals surface area contributed by atoms with Crippen LogP contribution in [0.5, 0.6) is 0 Å². The summed E-state index contributed by atoms with van der Waals surface area (Å²) >= 11 is 1.85. The molecule has 4 nitrogen and oxygen atoms in total. The Morgan fingerprint density at radius 2 is 2.27 bits per heavy atom. The Hall–Kier alpha value is -0.460. The third-order valence-corrected chi connectivity index (χ3v) is 6.21. The maximum atomic E-state index is 10.1. The fourth-order valence-electron chi connectivity index (χ4n) is 4.12. The molecule has 0 bridgehead atoms. The monoisotopic (exact) mass is 324 g/mol. The molecule has 0 radical (unpaired) electrons. The summed E-state index contributed by atoms with van der Waals surface area (Å²) in [6.45, 7) is 3.06. The molecule has 2 heterocycles. The molecule has 3 atom stereocenters. The van der Waals surface area contributed by atoms with E-state index in [0.717, 1.165) is 45.3 Å². The molecule has 5 heteroatoms. The second-order valence-electron chi connectivity index (χ2n) is 7.09. The van der Waals surface area contributed by atoms with Crippen LogP contribution in [0.3, 0.4) is 0 Å². The zero-order valence-corrected chi connectivity index (χ0v) is 14.7. The first-order valence-corrected chi connectivity index (χ1v) is 9.09. The molecule has 3 rings (SSSR count). The summed E-state index contributed by atoms with van der Waals surface area (Å²) in [6, 6.07) is 2.69. The van der Waals surface area contributed by atoms with Crippen LogP contribution in [0.2, 0.25) is 0 Å². The Labute approximate surface area is 137 Å². The molecule has 1 aliphatic carbocycles. The SMILES string of the molecule is CO[C@@]12CC[C@@H](O)C[C@@H]1N(Cc1cc(CN(C)C)cs1)CC2. The van der Waals surface area contributed by atoms with Gasteiger partial charge in [0.15, 0.2) is 0 Å². The number of hydrogen-bond donors (Lipinski definition) is 1. The molecule has 1 aromatic rings. The smallest absolute Gasteiger partial charge is 0.0847 e. The molecule has 0 unspecified atom stereocenters. The lowest BCUT2D eigenvalue weighted by atomic mass is 9.79. The van der Waals surface area contributed by atoms with Gasteiger partial charge in [-0.1, -0.05) is 0 Å².